The van der Waals surface area contributed by atoms with Gasteiger partial charge in [-0.15, -0.1) is 0 Å². The van der Waals surface area contributed by atoms with Gasteiger partial charge in [-0.25, -0.2) is 4.39 Å². The van der Waals surface area contributed by atoms with Crippen LogP contribution in [0.15, 0.2) is 41.1 Å². The van der Waals surface area contributed by atoms with Crippen LogP contribution in [0.25, 0.3) is 11.0 Å². The molecule has 29 heavy (non-hydrogen) atoms. The summed E-state index contributed by atoms with van der Waals surface area (Å²) in [6, 6.07) is 6.48. The molecule has 1 aliphatic heterocycles. The first-order chi connectivity index (χ1) is 14.1. The molecule has 1 aromatic carbocycles. The van der Waals surface area contributed by atoms with Gasteiger partial charge in [0.05, 0.1) is 22.9 Å². The Labute approximate surface area is 170 Å². The topological polar surface area (TPSA) is 113 Å². The number of furan rings is 1. The zero-order valence-corrected chi connectivity index (χ0v) is 17.2. The molecule has 0 radical (unpaired) electrons. The third-order valence-corrected chi connectivity index (χ3v) is 3.77. The first-order valence-corrected chi connectivity index (χ1v) is 9.40. The van der Waals surface area contributed by atoms with E-state index in [4.69, 9.17) is 9.52 Å². The van der Waals surface area contributed by atoms with Crippen LogP contribution < -0.4 is 16.4 Å². The van der Waals surface area contributed by atoms with Gasteiger partial charge in [-0.1, -0.05) is 19.9 Å². The lowest BCUT2D eigenvalue weighted by Gasteiger charge is -2.20. The number of benzene rings is 1. The molecule has 4 rings (SSSR count). The molecule has 5 N–H and O–H groups in total. The van der Waals surface area contributed by atoms with Crippen LogP contribution in [0.2, 0.25) is 0 Å². The van der Waals surface area contributed by atoms with E-state index in [0.29, 0.717) is 22.9 Å². The third kappa shape index (κ3) is 6.63. The van der Waals surface area contributed by atoms with E-state index in [2.05, 4.69) is 21.4 Å². The lowest BCUT2D eigenvalue weighted by molar-refractivity contribution is 0.110. The number of aryl methyl sites for hydroxylation is 1. The number of hydrogen-bond donors (Lipinski definition) is 4. The number of nitrogens with two attached hydrogens (primary N) is 1. The molecule has 8 heteroatoms. The van der Waals surface area contributed by atoms with Crippen molar-refractivity contribution in [3.63, 3.8) is 0 Å². The van der Waals surface area contributed by atoms with Crippen molar-refractivity contribution in [2.75, 3.05) is 25.5 Å². The molecule has 158 valence electrons. The maximum atomic E-state index is 13.9. The van der Waals surface area contributed by atoms with Gasteiger partial charge in [0.2, 0.25) is 0 Å². The highest BCUT2D eigenvalue weighted by molar-refractivity contribution is 6.00. The maximum absolute atomic E-state index is 13.9. The Morgan fingerprint density at radius 3 is 2.48 bits per heavy atom. The van der Waals surface area contributed by atoms with Crippen molar-refractivity contribution < 1.29 is 18.7 Å². The van der Waals surface area contributed by atoms with Gasteiger partial charge >= 0.3 is 0 Å². The second kappa shape index (κ2) is 12.6. The molecule has 1 fully saturated rings. The second-order valence-electron chi connectivity index (χ2n) is 5.75. The van der Waals surface area contributed by atoms with Crippen LogP contribution in [-0.4, -0.2) is 42.6 Å². The third-order valence-electron chi connectivity index (χ3n) is 3.77. The Bertz CT molecular complexity index is 895. The monoisotopic (exact) mass is 404 g/mol. The lowest BCUT2D eigenvalue weighted by Crippen LogP contribution is -2.46. The predicted molar refractivity (Wildman–Crippen MR) is 114 cm³/mol. The number of β-amino-alcohol motifs (C(OH)–C–C–N with tert-alkyl or cyclic N) is 1. The van der Waals surface area contributed by atoms with Crippen LogP contribution in [0.3, 0.4) is 0 Å². The number of anilines is 2. The molecule has 0 atom stereocenters. The molecule has 0 spiro atoms. The summed E-state index contributed by atoms with van der Waals surface area (Å²) in [7, 11) is 1.50. The molecule has 0 aliphatic carbocycles. The minimum absolute atomic E-state index is 0.0463. The van der Waals surface area contributed by atoms with E-state index in [1.807, 2.05) is 13.8 Å². The maximum Gasteiger partial charge on any atom is 0.191 e. The smallest absolute Gasteiger partial charge is 0.191 e. The van der Waals surface area contributed by atoms with Crippen molar-refractivity contribution in [3.8, 4) is 0 Å². The summed E-state index contributed by atoms with van der Waals surface area (Å²) >= 11 is 0. The number of carbonyl (C=O) groups excluding carboxylic acids is 1. The first-order valence-electron chi connectivity index (χ1n) is 9.40. The quantitative estimate of drug-likeness (QED) is 0.495. The van der Waals surface area contributed by atoms with Gasteiger partial charge in [-0.05, 0) is 37.7 Å². The number of nitrogens with one attached hydrogen (secondary N) is 2. The summed E-state index contributed by atoms with van der Waals surface area (Å²) in [6.45, 7) is 7.39. The zero-order valence-electron chi connectivity index (χ0n) is 17.2. The van der Waals surface area contributed by atoms with Crippen LogP contribution in [0, 0.1) is 12.7 Å². The van der Waals surface area contributed by atoms with Gasteiger partial charge in [0.25, 0.3) is 0 Å². The Morgan fingerprint density at radius 1 is 1.31 bits per heavy atom. The highest BCUT2D eigenvalue weighted by Crippen LogP contribution is 2.32. The van der Waals surface area contributed by atoms with Crippen LogP contribution in [0.1, 0.15) is 30.0 Å². The summed E-state index contributed by atoms with van der Waals surface area (Å²) in [6.07, 6.45) is 3.68. The predicted octanol–water partition coefficient (Wildman–Crippen LogP) is 3.38. The number of halogens is 1. The number of nitrogens with zero attached hydrogens (tertiary/aromatic N) is 1. The fourth-order valence-corrected chi connectivity index (χ4v) is 2.30. The fourth-order valence-electron chi connectivity index (χ4n) is 2.30. The van der Waals surface area contributed by atoms with E-state index in [1.54, 1.807) is 37.5 Å². The van der Waals surface area contributed by atoms with Crippen LogP contribution >= 0.6 is 0 Å². The molecule has 3 aromatic rings. The fraction of sp³-hybridized carbons (Fsp3) is 0.333. The number of hydrogen-bond acceptors (Lipinski definition) is 7. The molecular formula is C21H29FN4O3. The van der Waals surface area contributed by atoms with E-state index in [1.165, 1.54) is 13.1 Å². The Kier molecular flexibility index (Phi) is 10.5. The number of rotatable bonds is 3. The SMILES string of the molecule is CC.CN.Cc1ccc(Nc2c(C=O)oc3ccncc23)c(F)c1.OC1CNC1. The molecule has 0 bridgehead atoms. The van der Waals surface area contributed by atoms with E-state index >= 15 is 0 Å². The minimum atomic E-state index is -0.389. The van der Waals surface area contributed by atoms with E-state index < -0.39 is 0 Å². The molecule has 7 nitrogen and oxygen atoms in total. The van der Waals surface area contributed by atoms with Crippen molar-refractivity contribution in [2.24, 2.45) is 5.73 Å². The molecule has 0 unspecified atom stereocenters. The number of pyridine rings is 1. The van der Waals surface area contributed by atoms with E-state index in [0.717, 1.165) is 18.7 Å². The number of aliphatic hydroxyl groups is 1. The lowest BCUT2D eigenvalue weighted by atomic mass is 10.2. The summed E-state index contributed by atoms with van der Waals surface area (Å²) < 4.78 is 19.3. The van der Waals surface area contributed by atoms with E-state index in [9.17, 15) is 9.18 Å². The van der Waals surface area contributed by atoms with Crippen molar-refractivity contribution in [3.05, 3.63) is 53.8 Å². The number of fused-ring (bicyclic) bond motifs is 1. The average Bonchev–Trinajstić information content (AvgIpc) is 3.09. The molecule has 1 saturated heterocycles. The Balaban J connectivity index is 0.000000395. The molecule has 3 heterocycles. The van der Waals surface area contributed by atoms with Gasteiger partial charge < -0.3 is 25.9 Å². The summed E-state index contributed by atoms with van der Waals surface area (Å²) in [4.78, 5) is 15.1. The molecule has 0 amide bonds. The van der Waals surface area contributed by atoms with Crippen molar-refractivity contribution in [1.82, 2.24) is 10.3 Å². The summed E-state index contributed by atoms with van der Waals surface area (Å²) in [5, 5.41) is 14.8. The van der Waals surface area contributed by atoms with Crippen molar-refractivity contribution in [2.45, 2.75) is 26.9 Å². The Hall–Kier alpha value is -2.81. The normalized spacial score (nSPS) is 12.2. The van der Waals surface area contributed by atoms with Crippen molar-refractivity contribution >= 4 is 28.6 Å². The number of carbonyl (C=O) groups is 1. The highest BCUT2D eigenvalue weighted by Gasteiger charge is 2.15. The number of aliphatic hydroxyl groups excluding tert-OH is 1. The number of aldehydes is 1. The van der Waals surface area contributed by atoms with Gasteiger partial charge in [0, 0.05) is 25.5 Å². The van der Waals surface area contributed by atoms with Gasteiger partial charge in [-0.3, -0.25) is 9.78 Å². The molecule has 2 aromatic heterocycles. The van der Waals surface area contributed by atoms with Crippen LogP contribution in [-0.2, 0) is 0 Å². The molecule has 1 aliphatic rings. The average molecular weight is 404 g/mol. The summed E-state index contributed by atoms with van der Waals surface area (Å²) in [5.41, 5.74) is 6.55. The standard InChI is InChI=1S/C15H11FN2O2.C3H7NO.C2H6.CH5N/c1-9-2-3-12(11(16)6-9)18-15-10-7-17-5-4-13(10)20-14(15)8-19;5-3-1-4-2-3;2*1-2/h2-8,18H,1H3;3-5H,1-2H2;1-2H3;2H2,1H3. The highest BCUT2D eigenvalue weighted by atomic mass is 19.1. The van der Waals surface area contributed by atoms with Gasteiger partial charge in [0.15, 0.2) is 12.0 Å². The van der Waals surface area contributed by atoms with Crippen LogP contribution in [0.5, 0.6) is 0 Å². The van der Waals surface area contributed by atoms with E-state index in [-0.39, 0.29) is 23.4 Å². The largest absolute Gasteiger partial charge is 0.451 e. The van der Waals surface area contributed by atoms with Gasteiger partial charge in [0.1, 0.15) is 11.4 Å². The Morgan fingerprint density at radius 2 is 1.97 bits per heavy atom. The zero-order chi connectivity index (χ0) is 21.8. The summed E-state index contributed by atoms with van der Waals surface area (Å²) in [5.74, 6) is -0.270. The van der Waals surface area contributed by atoms with Gasteiger partial charge in [-0.2, -0.15) is 0 Å². The number of aromatic nitrogens is 1. The first kappa shape index (κ1) is 24.2. The van der Waals surface area contributed by atoms with Crippen LogP contribution in [0.4, 0.5) is 15.8 Å². The molecular weight excluding hydrogens is 375 g/mol. The second-order valence-corrected chi connectivity index (χ2v) is 5.75. The molecule has 0 saturated carbocycles. The minimum Gasteiger partial charge on any atom is -0.451 e. The van der Waals surface area contributed by atoms with Crippen molar-refractivity contribution in [1.29, 1.82) is 0 Å².